The molecule has 1 N–H and O–H groups in total. The number of pyridine rings is 1. The number of hydrogen-bond acceptors (Lipinski definition) is 4. The van der Waals surface area contributed by atoms with Crippen molar-refractivity contribution in [2.45, 2.75) is 26.3 Å². The lowest BCUT2D eigenvalue weighted by atomic mass is 9.99. The van der Waals surface area contributed by atoms with Crippen molar-refractivity contribution in [3.05, 3.63) is 36.0 Å². The van der Waals surface area contributed by atoms with Crippen molar-refractivity contribution in [2.24, 2.45) is 5.92 Å². The summed E-state index contributed by atoms with van der Waals surface area (Å²) in [6.45, 7) is 5.44. The van der Waals surface area contributed by atoms with E-state index in [4.69, 9.17) is 9.72 Å². The summed E-state index contributed by atoms with van der Waals surface area (Å²) in [5.74, 6) is 0.569. The number of aromatic nitrogens is 1. The lowest BCUT2D eigenvalue weighted by Crippen LogP contribution is -2.36. The first-order valence-electron chi connectivity index (χ1n) is 8.52. The van der Waals surface area contributed by atoms with E-state index in [0.29, 0.717) is 5.92 Å². The Kier molecular flexibility index (Phi) is 5.43. The van der Waals surface area contributed by atoms with Gasteiger partial charge in [-0.1, -0.05) is 6.07 Å². The average molecular weight is 327 g/mol. The van der Waals surface area contributed by atoms with Gasteiger partial charge in [-0.3, -0.25) is 14.7 Å². The zero-order valence-corrected chi connectivity index (χ0v) is 14.4. The molecule has 1 fully saturated rings. The van der Waals surface area contributed by atoms with E-state index in [9.17, 15) is 4.79 Å². The molecular weight excluding hydrogens is 302 g/mol. The fourth-order valence-electron chi connectivity index (χ4n) is 3.43. The molecule has 1 aliphatic heterocycles. The molecule has 1 atom stereocenters. The summed E-state index contributed by atoms with van der Waals surface area (Å²) in [5, 5.41) is 3.85. The maximum absolute atomic E-state index is 11.2. The van der Waals surface area contributed by atoms with Crippen molar-refractivity contribution in [2.75, 3.05) is 32.1 Å². The summed E-state index contributed by atoms with van der Waals surface area (Å²) in [7, 11) is 1.78. The molecule has 3 rings (SSSR count). The van der Waals surface area contributed by atoms with E-state index < -0.39 is 0 Å². The van der Waals surface area contributed by atoms with Crippen LogP contribution in [-0.4, -0.2) is 42.6 Å². The van der Waals surface area contributed by atoms with Crippen LogP contribution in [0.15, 0.2) is 30.3 Å². The molecule has 0 aliphatic carbocycles. The normalized spacial score (nSPS) is 18.7. The quantitative estimate of drug-likeness (QED) is 0.917. The van der Waals surface area contributed by atoms with Crippen LogP contribution in [0.5, 0.6) is 0 Å². The molecule has 2 heterocycles. The number of anilines is 1. The molecule has 0 saturated carbocycles. The number of methoxy groups -OCH3 is 1. The van der Waals surface area contributed by atoms with Gasteiger partial charge in [0.05, 0.1) is 17.8 Å². The van der Waals surface area contributed by atoms with Crippen LogP contribution in [0.25, 0.3) is 10.9 Å². The number of likely N-dealkylation sites (tertiary alicyclic amines) is 1. The first-order chi connectivity index (χ1) is 11.6. The number of ether oxygens (including phenoxy) is 1. The number of carbonyl (C=O) groups excluding carboxylic acids is 1. The lowest BCUT2D eigenvalue weighted by Gasteiger charge is -2.32. The van der Waals surface area contributed by atoms with Crippen molar-refractivity contribution in [3.8, 4) is 0 Å². The standard InChI is InChI=1S/C19H25N3O2/c1-14(23)20-17-7-8-19-16(10-17)5-6-18(21-19)12-22-9-3-4-15(11-22)13-24-2/h5-8,10,15H,3-4,9,11-13H2,1-2H3,(H,20,23)/t15-/m1/s1. The zero-order valence-electron chi connectivity index (χ0n) is 14.4. The van der Waals surface area contributed by atoms with E-state index in [-0.39, 0.29) is 5.91 Å². The molecule has 1 amide bonds. The van der Waals surface area contributed by atoms with E-state index >= 15 is 0 Å². The third-order valence-corrected chi connectivity index (χ3v) is 4.46. The molecule has 2 aromatic rings. The largest absolute Gasteiger partial charge is 0.384 e. The minimum Gasteiger partial charge on any atom is -0.384 e. The van der Waals surface area contributed by atoms with Gasteiger partial charge in [-0.15, -0.1) is 0 Å². The summed E-state index contributed by atoms with van der Waals surface area (Å²) >= 11 is 0. The number of benzene rings is 1. The molecular formula is C19H25N3O2. The maximum atomic E-state index is 11.2. The summed E-state index contributed by atoms with van der Waals surface area (Å²) in [4.78, 5) is 18.4. The molecule has 5 heteroatoms. The Labute approximate surface area is 143 Å². The SMILES string of the molecule is COC[C@@H]1CCCN(Cc2ccc3cc(NC(C)=O)ccc3n2)C1. The number of carbonyl (C=O) groups is 1. The van der Waals surface area contributed by atoms with E-state index in [2.05, 4.69) is 22.3 Å². The Morgan fingerprint density at radius 2 is 2.25 bits per heavy atom. The second-order valence-electron chi connectivity index (χ2n) is 6.59. The van der Waals surface area contributed by atoms with Crippen LogP contribution in [0.1, 0.15) is 25.5 Å². The Bertz CT molecular complexity index is 715. The average Bonchev–Trinajstić information content (AvgIpc) is 2.55. The van der Waals surface area contributed by atoms with Crippen molar-refractivity contribution in [1.82, 2.24) is 9.88 Å². The Hall–Kier alpha value is -1.98. The minimum absolute atomic E-state index is 0.0605. The highest BCUT2D eigenvalue weighted by atomic mass is 16.5. The minimum atomic E-state index is -0.0605. The van der Waals surface area contributed by atoms with Crippen molar-refractivity contribution in [3.63, 3.8) is 0 Å². The highest BCUT2D eigenvalue weighted by molar-refractivity contribution is 5.92. The second kappa shape index (κ2) is 7.73. The van der Waals surface area contributed by atoms with Gasteiger partial charge in [0.25, 0.3) is 0 Å². The third-order valence-electron chi connectivity index (χ3n) is 4.46. The first kappa shape index (κ1) is 16.9. The third kappa shape index (κ3) is 4.30. The van der Waals surface area contributed by atoms with E-state index in [0.717, 1.165) is 48.5 Å². The molecule has 0 bridgehead atoms. The number of piperidine rings is 1. The van der Waals surface area contributed by atoms with E-state index in [1.54, 1.807) is 7.11 Å². The van der Waals surface area contributed by atoms with Crippen LogP contribution >= 0.6 is 0 Å². The highest BCUT2D eigenvalue weighted by Gasteiger charge is 2.20. The monoisotopic (exact) mass is 327 g/mol. The Morgan fingerprint density at radius 3 is 3.04 bits per heavy atom. The van der Waals surface area contributed by atoms with Crippen molar-refractivity contribution >= 4 is 22.5 Å². The van der Waals surface area contributed by atoms with Gasteiger partial charge in [0.2, 0.25) is 5.91 Å². The summed E-state index contributed by atoms with van der Waals surface area (Å²) in [6.07, 6.45) is 2.48. The molecule has 0 radical (unpaired) electrons. The first-order valence-corrected chi connectivity index (χ1v) is 8.52. The molecule has 5 nitrogen and oxygen atoms in total. The van der Waals surface area contributed by atoms with Gasteiger partial charge in [0.1, 0.15) is 0 Å². The molecule has 1 aromatic carbocycles. The van der Waals surface area contributed by atoms with Crippen LogP contribution in [0.4, 0.5) is 5.69 Å². The molecule has 1 aliphatic rings. The van der Waals surface area contributed by atoms with Gasteiger partial charge < -0.3 is 10.1 Å². The molecule has 0 unspecified atom stereocenters. The number of amides is 1. The van der Waals surface area contributed by atoms with Crippen LogP contribution in [0.3, 0.4) is 0 Å². The molecule has 0 spiro atoms. The Balaban J connectivity index is 1.70. The smallest absolute Gasteiger partial charge is 0.221 e. The summed E-state index contributed by atoms with van der Waals surface area (Å²) in [6, 6.07) is 9.99. The number of rotatable bonds is 5. The van der Waals surface area contributed by atoms with Gasteiger partial charge in [-0.25, -0.2) is 0 Å². The second-order valence-corrected chi connectivity index (χ2v) is 6.59. The summed E-state index contributed by atoms with van der Waals surface area (Å²) in [5.41, 5.74) is 2.86. The van der Waals surface area contributed by atoms with Gasteiger partial charge >= 0.3 is 0 Å². The van der Waals surface area contributed by atoms with Crippen LogP contribution in [-0.2, 0) is 16.1 Å². The Morgan fingerprint density at radius 1 is 1.38 bits per heavy atom. The maximum Gasteiger partial charge on any atom is 0.221 e. The van der Waals surface area contributed by atoms with Crippen LogP contribution < -0.4 is 5.32 Å². The molecule has 1 saturated heterocycles. The number of hydrogen-bond donors (Lipinski definition) is 1. The van der Waals surface area contributed by atoms with Crippen molar-refractivity contribution in [1.29, 1.82) is 0 Å². The van der Waals surface area contributed by atoms with Crippen LogP contribution in [0.2, 0.25) is 0 Å². The number of nitrogens with zero attached hydrogens (tertiary/aromatic N) is 2. The molecule has 128 valence electrons. The molecule has 24 heavy (non-hydrogen) atoms. The number of nitrogens with one attached hydrogen (secondary N) is 1. The molecule has 1 aromatic heterocycles. The van der Waals surface area contributed by atoms with Gasteiger partial charge in [-0.2, -0.15) is 0 Å². The zero-order chi connectivity index (χ0) is 16.9. The van der Waals surface area contributed by atoms with Gasteiger partial charge in [0.15, 0.2) is 0 Å². The van der Waals surface area contributed by atoms with Crippen molar-refractivity contribution < 1.29 is 9.53 Å². The predicted molar refractivity (Wildman–Crippen MR) is 95.9 cm³/mol. The predicted octanol–water partition coefficient (Wildman–Crippen LogP) is 3.05. The van der Waals surface area contributed by atoms with Crippen LogP contribution in [0, 0.1) is 5.92 Å². The van der Waals surface area contributed by atoms with E-state index in [1.807, 2.05) is 18.2 Å². The highest BCUT2D eigenvalue weighted by Crippen LogP contribution is 2.21. The topological polar surface area (TPSA) is 54.5 Å². The fourth-order valence-corrected chi connectivity index (χ4v) is 3.43. The fraction of sp³-hybridized carbons (Fsp3) is 0.474. The van der Waals surface area contributed by atoms with Gasteiger partial charge in [0, 0.05) is 38.2 Å². The van der Waals surface area contributed by atoms with E-state index in [1.165, 1.54) is 19.8 Å². The number of fused-ring (bicyclic) bond motifs is 1. The summed E-state index contributed by atoms with van der Waals surface area (Å²) < 4.78 is 5.30. The van der Waals surface area contributed by atoms with Gasteiger partial charge in [-0.05, 0) is 49.6 Å². The lowest BCUT2D eigenvalue weighted by molar-refractivity contribution is -0.114.